The van der Waals surface area contributed by atoms with Crippen LogP contribution in [0.2, 0.25) is 0 Å². The van der Waals surface area contributed by atoms with E-state index in [2.05, 4.69) is 41.9 Å². The van der Waals surface area contributed by atoms with Crippen LogP contribution in [0.4, 0.5) is 0 Å². The Kier molecular flexibility index (Phi) is 6.30. The Morgan fingerprint density at radius 2 is 2.05 bits per heavy atom. The average Bonchev–Trinajstić information content (AvgIpc) is 2.43. The first-order chi connectivity index (χ1) is 8.99. The molecule has 104 valence electrons. The van der Waals surface area contributed by atoms with Gasteiger partial charge in [0, 0.05) is 11.0 Å². The lowest BCUT2D eigenvalue weighted by Crippen LogP contribution is -2.34. The number of ether oxygens (including phenoxy) is 2. The van der Waals surface area contributed by atoms with Crippen molar-refractivity contribution < 1.29 is 19.1 Å². The second-order valence-electron chi connectivity index (χ2n) is 3.55. The number of hydrogen-bond donors (Lipinski definition) is 1. The van der Waals surface area contributed by atoms with Gasteiger partial charge in [0.05, 0.1) is 19.8 Å². The summed E-state index contributed by atoms with van der Waals surface area (Å²) < 4.78 is 10.2. The molecule has 19 heavy (non-hydrogen) atoms. The molecule has 0 aromatic heterocycles. The predicted molar refractivity (Wildman–Crippen MR) is 77.8 cm³/mol. The molecule has 0 aliphatic carbocycles. The summed E-state index contributed by atoms with van der Waals surface area (Å²) in [5, 5.41) is 2.63. The van der Waals surface area contributed by atoms with E-state index in [4.69, 9.17) is 4.74 Å². The van der Waals surface area contributed by atoms with Gasteiger partial charge in [0.2, 0.25) is 0 Å². The molecule has 1 aromatic carbocycles. The minimum Gasteiger partial charge on any atom is -0.497 e. The molecule has 0 saturated heterocycles. The number of halogens is 2. The van der Waals surface area contributed by atoms with Crippen LogP contribution in [0.25, 0.3) is 0 Å². The van der Waals surface area contributed by atoms with E-state index in [-0.39, 0.29) is 12.5 Å². The number of rotatable bonds is 5. The minimum atomic E-state index is -0.578. The number of nitrogens with one attached hydrogen (secondary N) is 1. The Bertz CT molecular complexity index is 479. The zero-order chi connectivity index (χ0) is 14.4. The monoisotopic (exact) mass is 393 g/mol. The van der Waals surface area contributed by atoms with Crippen molar-refractivity contribution in [1.82, 2.24) is 5.32 Å². The van der Waals surface area contributed by atoms with Gasteiger partial charge in [0.1, 0.15) is 10.6 Å². The highest BCUT2D eigenvalue weighted by Gasteiger charge is 2.18. The molecule has 1 atom stereocenters. The molecule has 0 fully saturated rings. The SMILES string of the molecule is COC(=O)C(Br)CNC(=O)c1cc(OC)ccc1Br. The maximum atomic E-state index is 12.0. The van der Waals surface area contributed by atoms with Crippen molar-refractivity contribution in [3.05, 3.63) is 28.2 Å². The molecule has 1 unspecified atom stereocenters. The Labute approximate surface area is 127 Å². The maximum absolute atomic E-state index is 12.0. The first-order valence-corrected chi connectivity index (χ1v) is 7.04. The van der Waals surface area contributed by atoms with Gasteiger partial charge < -0.3 is 14.8 Å². The Balaban J connectivity index is 2.70. The van der Waals surface area contributed by atoms with Crippen LogP contribution in [0.1, 0.15) is 10.4 Å². The number of hydrogen-bond acceptors (Lipinski definition) is 4. The molecular formula is C12H13Br2NO4. The lowest BCUT2D eigenvalue weighted by Gasteiger charge is -2.11. The molecule has 0 aliphatic rings. The number of alkyl halides is 1. The molecule has 1 N–H and O–H groups in total. The standard InChI is InChI=1S/C12H13Br2NO4/c1-18-7-3-4-9(13)8(5-7)11(16)15-6-10(14)12(17)19-2/h3-5,10H,6H2,1-2H3,(H,15,16). The van der Waals surface area contributed by atoms with E-state index in [1.165, 1.54) is 14.2 Å². The lowest BCUT2D eigenvalue weighted by atomic mass is 10.2. The fraction of sp³-hybridized carbons (Fsp3) is 0.333. The Hall–Kier alpha value is -1.08. The van der Waals surface area contributed by atoms with Gasteiger partial charge in [-0.2, -0.15) is 0 Å². The number of amides is 1. The molecule has 0 bridgehead atoms. The molecule has 1 rings (SSSR count). The molecule has 0 heterocycles. The maximum Gasteiger partial charge on any atom is 0.321 e. The predicted octanol–water partition coefficient (Wildman–Crippen LogP) is 2.12. The summed E-state index contributed by atoms with van der Waals surface area (Å²) >= 11 is 6.42. The fourth-order valence-corrected chi connectivity index (χ4v) is 2.07. The summed E-state index contributed by atoms with van der Waals surface area (Å²) in [7, 11) is 2.81. The summed E-state index contributed by atoms with van der Waals surface area (Å²) in [6, 6.07) is 5.07. The second kappa shape index (κ2) is 7.49. The summed E-state index contributed by atoms with van der Waals surface area (Å²) in [5.74, 6) is -0.166. The van der Waals surface area contributed by atoms with E-state index in [1.807, 2.05) is 0 Å². The van der Waals surface area contributed by atoms with Crippen LogP contribution in [0.3, 0.4) is 0 Å². The van der Waals surface area contributed by atoms with E-state index in [0.717, 1.165) is 0 Å². The zero-order valence-corrected chi connectivity index (χ0v) is 13.6. The van der Waals surface area contributed by atoms with Crippen molar-refractivity contribution in [2.75, 3.05) is 20.8 Å². The summed E-state index contributed by atoms with van der Waals surface area (Å²) in [6.07, 6.45) is 0. The van der Waals surface area contributed by atoms with Crippen molar-refractivity contribution >= 4 is 43.7 Å². The highest BCUT2D eigenvalue weighted by atomic mass is 79.9. The van der Waals surface area contributed by atoms with Gasteiger partial charge in [-0.3, -0.25) is 9.59 Å². The summed E-state index contributed by atoms with van der Waals surface area (Å²) in [5.41, 5.74) is 0.434. The molecular weight excluding hydrogens is 382 g/mol. The van der Waals surface area contributed by atoms with Gasteiger partial charge in [-0.15, -0.1) is 0 Å². The highest BCUT2D eigenvalue weighted by Crippen LogP contribution is 2.22. The van der Waals surface area contributed by atoms with Crippen LogP contribution in [0.15, 0.2) is 22.7 Å². The third-order valence-corrected chi connectivity index (χ3v) is 3.71. The molecule has 0 radical (unpaired) electrons. The van der Waals surface area contributed by atoms with Crippen molar-refractivity contribution in [3.8, 4) is 5.75 Å². The fourth-order valence-electron chi connectivity index (χ4n) is 1.29. The quantitative estimate of drug-likeness (QED) is 0.613. The van der Waals surface area contributed by atoms with Gasteiger partial charge in [0.15, 0.2) is 0 Å². The number of esters is 1. The zero-order valence-electron chi connectivity index (χ0n) is 10.4. The first-order valence-electron chi connectivity index (χ1n) is 5.33. The van der Waals surface area contributed by atoms with E-state index < -0.39 is 10.8 Å². The topological polar surface area (TPSA) is 64.6 Å². The Morgan fingerprint density at radius 1 is 1.37 bits per heavy atom. The molecule has 0 aliphatic heterocycles. The van der Waals surface area contributed by atoms with Gasteiger partial charge in [-0.25, -0.2) is 0 Å². The molecule has 1 aromatic rings. The molecule has 0 saturated carbocycles. The van der Waals surface area contributed by atoms with Crippen molar-refractivity contribution in [2.45, 2.75) is 4.83 Å². The third-order valence-electron chi connectivity index (χ3n) is 2.32. The number of methoxy groups -OCH3 is 2. The van der Waals surface area contributed by atoms with Crippen molar-refractivity contribution in [1.29, 1.82) is 0 Å². The third kappa shape index (κ3) is 4.50. The van der Waals surface area contributed by atoms with E-state index >= 15 is 0 Å². The molecule has 7 heteroatoms. The van der Waals surface area contributed by atoms with E-state index in [0.29, 0.717) is 15.8 Å². The average molecular weight is 395 g/mol. The number of carbonyl (C=O) groups is 2. The highest BCUT2D eigenvalue weighted by molar-refractivity contribution is 9.10. The van der Waals surface area contributed by atoms with Crippen LogP contribution < -0.4 is 10.1 Å². The van der Waals surface area contributed by atoms with Crippen molar-refractivity contribution in [3.63, 3.8) is 0 Å². The summed E-state index contributed by atoms with van der Waals surface area (Å²) in [4.78, 5) is 22.6. The molecule has 1 amide bonds. The first kappa shape index (κ1) is 16.0. The minimum absolute atomic E-state index is 0.134. The van der Waals surface area contributed by atoms with Crippen LogP contribution in [0, 0.1) is 0 Å². The smallest absolute Gasteiger partial charge is 0.321 e. The second-order valence-corrected chi connectivity index (χ2v) is 5.51. The van der Waals surface area contributed by atoms with Crippen LogP contribution in [-0.4, -0.2) is 37.5 Å². The van der Waals surface area contributed by atoms with E-state index in [9.17, 15) is 9.59 Å². The van der Waals surface area contributed by atoms with Crippen molar-refractivity contribution in [2.24, 2.45) is 0 Å². The molecule has 5 nitrogen and oxygen atoms in total. The normalized spacial score (nSPS) is 11.6. The number of benzene rings is 1. The van der Waals surface area contributed by atoms with Gasteiger partial charge in [-0.05, 0) is 34.1 Å². The molecule has 0 spiro atoms. The largest absolute Gasteiger partial charge is 0.497 e. The van der Waals surface area contributed by atoms with Gasteiger partial charge in [0.25, 0.3) is 5.91 Å². The van der Waals surface area contributed by atoms with Crippen LogP contribution >= 0.6 is 31.9 Å². The van der Waals surface area contributed by atoms with E-state index in [1.54, 1.807) is 18.2 Å². The Morgan fingerprint density at radius 3 is 2.63 bits per heavy atom. The summed E-state index contributed by atoms with van der Waals surface area (Å²) in [6.45, 7) is 0.134. The van der Waals surface area contributed by atoms with Gasteiger partial charge >= 0.3 is 5.97 Å². The van der Waals surface area contributed by atoms with Gasteiger partial charge in [-0.1, -0.05) is 15.9 Å². The number of carbonyl (C=O) groups excluding carboxylic acids is 2. The van der Waals surface area contributed by atoms with Crippen LogP contribution in [-0.2, 0) is 9.53 Å². The van der Waals surface area contributed by atoms with Crippen LogP contribution in [0.5, 0.6) is 5.75 Å². The lowest BCUT2D eigenvalue weighted by molar-refractivity contribution is -0.139.